The monoisotopic (exact) mass is 341 g/mol. The van der Waals surface area contributed by atoms with Crippen LogP contribution in [-0.4, -0.2) is 47.7 Å². The van der Waals surface area contributed by atoms with Crippen LogP contribution in [0.15, 0.2) is 30.6 Å². The number of hydrogen-bond acceptors (Lipinski definition) is 7. The van der Waals surface area contributed by atoms with Gasteiger partial charge in [-0.1, -0.05) is 24.3 Å². The van der Waals surface area contributed by atoms with Crippen LogP contribution in [0.5, 0.6) is 0 Å². The van der Waals surface area contributed by atoms with Crippen LogP contribution >= 0.6 is 0 Å². The van der Waals surface area contributed by atoms with E-state index in [1.807, 2.05) is 21.9 Å². The van der Waals surface area contributed by atoms with E-state index >= 15 is 0 Å². The van der Waals surface area contributed by atoms with Crippen molar-refractivity contribution >= 4 is 17.3 Å². The number of morpholine rings is 1. The summed E-state index contributed by atoms with van der Waals surface area (Å²) in [7, 11) is 0. The number of aromatic nitrogens is 2. The number of benzene rings is 1. The van der Waals surface area contributed by atoms with Crippen molar-refractivity contribution < 1.29 is 9.66 Å². The summed E-state index contributed by atoms with van der Waals surface area (Å²) < 4.78 is 5.34. The van der Waals surface area contributed by atoms with Crippen molar-refractivity contribution in [3.05, 3.63) is 51.8 Å². The molecule has 1 aromatic heterocycles. The van der Waals surface area contributed by atoms with Crippen LogP contribution < -0.4 is 9.80 Å². The summed E-state index contributed by atoms with van der Waals surface area (Å²) in [6.45, 7) is 3.62. The average molecular weight is 341 g/mol. The van der Waals surface area contributed by atoms with E-state index in [9.17, 15) is 10.1 Å². The highest BCUT2D eigenvalue weighted by Gasteiger charge is 2.32. The summed E-state index contributed by atoms with van der Waals surface area (Å²) in [5, 5.41) is 11.8. The molecule has 8 nitrogen and oxygen atoms in total. The first-order valence-electron chi connectivity index (χ1n) is 8.38. The molecule has 2 aromatic rings. The van der Waals surface area contributed by atoms with Gasteiger partial charge in [0.05, 0.1) is 18.1 Å². The van der Waals surface area contributed by atoms with E-state index < -0.39 is 0 Å². The normalized spacial score (nSPS) is 17.3. The lowest BCUT2D eigenvalue weighted by Crippen LogP contribution is -2.38. The van der Waals surface area contributed by atoms with Crippen molar-refractivity contribution in [2.24, 2.45) is 0 Å². The van der Waals surface area contributed by atoms with E-state index in [1.165, 1.54) is 17.5 Å². The first-order chi connectivity index (χ1) is 12.2. The zero-order valence-electron chi connectivity index (χ0n) is 13.8. The third-order valence-electron chi connectivity index (χ3n) is 4.71. The summed E-state index contributed by atoms with van der Waals surface area (Å²) in [6.07, 6.45) is 2.28. The highest BCUT2D eigenvalue weighted by atomic mass is 16.6. The first kappa shape index (κ1) is 15.8. The fraction of sp³-hybridized carbons (Fsp3) is 0.412. The number of nitro groups is 1. The average Bonchev–Trinajstić information content (AvgIpc) is 2.67. The van der Waals surface area contributed by atoms with Gasteiger partial charge < -0.3 is 14.5 Å². The molecule has 0 unspecified atom stereocenters. The number of ether oxygens (including phenoxy) is 1. The standard InChI is InChI=1S/C17H19N5O3/c23-22(24)15-16(20-7-9-25-10-8-20)18-12-19-17(15)21-6-5-13-3-1-2-4-14(13)11-21/h1-4,12H,5-11H2. The van der Waals surface area contributed by atoms with Gasteiger partial charge in [-0.05, 0) is 17.5 Å². The van der Waals surface area contributed by atoms with Crippen molar-refractivity contribution in [3.8, 4) is 0 Å². The van der Waals surface area contributed by atoms with Crippen molar-refractivity contribution in [3.63, 3.8) is 0 Å². The van der Waals surface area contributed by atoms with E-state index in [0.29, 0.717) is 51.0 Å². The molecule has 0 bridgehead atoms. The number of rotatable bonds is 3. The Bertz CT molecular complexity index is 792. The minimum absolute atomic E-state index is 0.0104. The molecule has 0 radical (unpaired) electrons. The SMILES string of the molecule is O=[N+]([O-])c1c(N2CCOCC2)ncnc1N1CCc2ccccc2C1. The first-order valence-corrected chi connectivity index (χ1v) is 8.38. The molecule has 1 saturated heterocycles. The molecule has 130 valence electrons. The van der Waals surface area contributed by atoms with Crippen LogP contribution in [0.4, 0.5) is 17.3 Å². The zero-order valence-corrected chi connectivity index (χ0v) is 13.8. The van der Waals surface area contributed by atoms with Crippen LogP contribution in [-0.2, 0) is 17.7 Å². The molecule has 0 saturated carbocycles. The number of anilines is 2. The predicted octanol–water partition coefficient (Wildman–Crippen LogP) is 1.78. The van der Waals surface area contributed by atoms with E-state index in [4.69, 9.17) is 4.74 Å². The molecule has 0 amide bonds. The predicted molar refractivity (Wildman–Crippen MR) is 92.9 cm³/mol. The molecular weight excluding hydrogens is 322 g/mol. The van der Waals surface area contributed by atoms with Gasteiger partial charge in [0, 0.05) is 26.2 Å². The van der Waals surface area contributed by atoms with E-state index in [0.717, 1.165) is 6.42 Å². The van der Waals surface area contributed by atoms with Gasteiger partial charge in [0.2, 0.25) is 11.6 Å². The second kappa shape index (κ2) is 6.64. The molecule has 0 N–H and O–H groups in total. The quantitative estimate of drug-likeness (QED) is 0.621. The van der Waals surface area contributed by atoms with Gasteiger partial charge in [0.1, 0.15) is 6.33 Å². The lowest BCUT2D eigenvalue weighted by molar-refractivity contribution is -0.383. The summed E-state index contributed by atoms with van der Waals surface area (Å²) in [5.74, 6) is 0.785. The van der Waals surface area contributed by atoms with Gasteiger partial charge in [-0.3, -0.25) is 10.1 Å². The Labute approximate surface area is 145 Å². The third kappa shape index (κ3) is 3.00. The highest BCUT2D eigenvalue weighted by molar-refractivity contribution is 5.71. The Morgan fingerprint density at radius 3 is 2.40 bits per heavy atom. The Balaban J connectivity index is 1.71. The van der Waals surface area contributed by atoms with Gasteiger partial charge in [0.15, 0.2) is 0 Å². The molecule has 4 rings (SSSR count). The third-order valence-corrected chi connectivity index (χ3v) is 4.71. The van der Waals surface area contributed by atoms with Gasteiger partial charge in [-0.2, -0.15) is 0 Å². The number of hydrogen-bond donors (Lipinski definition) is 0. The Morgan fingerprint density at radius 2 is 1.68 bits per heavy atom. The molecule has 8 heteroatoms. The van der Waals surface area contributed by atoms with Crippen LogP contribution in [0, 0.1) is 10.1 Å². The molecule has 3 heterocycles. The van der Waals surface area contributed by atoms with Crippen molar-refractivity contribution in [1.82, 2.24) is 9.97 Å². The Morgan fingerprint density at radius 1 is 1.00 bits per heavy atom. The zero-order chi connectivity index (χ0) is 17.2. The Kier molecular flexibility index (Phi) is 4.19. The van der Waals surface area contributed by atoms with Gasteiger partial charge in [0.25, 0.3) is 0 Å². The molecule has 25 heavy (non-hydrogen) atoms. The maximum Gasteiger partial charge on any atom is 0.353 e. The molecule has 0 aliphatic carbocycles. The highest BCUT2D eigenvalue weighted by Crippen LogP contribution is 2.36. The summed E-state index contributed by atoms with van der Waals surface area (Å²) >= 11 is 0. The maximum atomic E-state index is 11.8. The van der Waals surface area contributed by atoms with Crippen molar-refractivity contribution in [2.45, 2.75) is 13.0 Å². The maximum absolute atomic E-state index is 11.8. The number of nitrogens with zero attached hydrogens (tertiary/aromatic N) is 5. The summed E-state index contributed by atoms with van der Waals surface area (Å²) in [4.78, 5) is 23.8. The lowest BCUT2D eigenvalue weighted by atomic mass is 10.00. The minimum atomic E-state index is -0.360. The topological polar surface area (TPSA) is 84.6 Å². The van der Waals surface area contributed by atoms with E-state index in [1.54, 1.807) is 0 Å². The molecule has 0 atom stereocenters. The van der Waals surface area contributed by atoms with Crippen molar-refractivity contribution in [2.75, 3.05) is 42.6 Å². The minimum Gasteiger partial charge on any atom is -0.378 e. The fourth-order valence-corrected chi connectivity index (χ4v) is 3.44. The summed E-state index contributed by atoms with van der Waals surface area (Å²) in [5.41, 5.74) is 2.47. The second-order valence-electron chi connectivity index (χ2n) is 6.17. The summed E-state index contributed by atoms with van der Waals surface area (Å²) in [6, 6.07) is 8.20. The second-order valence-corrected chi connectivity index (χ2v) is 6.17. The van der Waals surface area contributed by atoms with Gasteiger partial charge >= 0.3 is 5.69 Å². The fourth-order valence-electron chi connectivity index (χ4n) is 3.44. The van der Waals surface area contributed by atoms with E-state index in [-0.39, 0.29) is 10.6 Å². The lowest BCUT2D eigenvalue weighted by Gasteiger charge is -2.31. The van der Waals surface area contributed by atoms with Crippen molar-refractivity contribution in [1.29, 1.82) is 0 Å². The van der Waals surface area contributed by atoms with Crippen LogP contribution in [0.1, 0.15) is 11.1 Å². The molecule has 1 fully saturated rings. The molecule has 2 aliphatic heterocycles. The van der Waals surface area contributed by atoms with Gasteiger partial charge in [-0.25, -0.2) is 9.97 Å². The van der Waals surface area contributed by atoms with Crippen LogP contribution in [0.3, 0.4) is 0 Å². The smallest absolute Gasteiger partial charge is 0.353 e. The van der Waals surface area contributed by atoms with E-state index in [2.05, 4.69) is 22.1 Å². The molecule has 1 aromatic carbocycles. The molecule has 2 aliphatic rings. The molecular formula is C17H19N5O3. The largest absolute Gasteiger partial charge is 0.378 e. The molecule has 0 spiro atoms. The number of fused-ring (bicyclic) bond motifs is 1. The Hall–Kier alpha value is -2.74. The van der Waals surface area contributed by atoms with Crippen LogP contribution in [0.2, 0.25) is 0 Å². The van der Waals surface area contributed by atoms with Gasteiger partial charge in [-0.15, -0.1) is 0 Å². The van der Waals surface area contributed by atoms with Crippen LogP contribution in [0.25, 0.3) is 0 Å².